The van der Waals surface area contributed by atoms with Crippen molar-refractivity contribution < 1.29 is 109 Å². The first-order chi connectivity index (χ1) is 35.1. The highest BCUT2D eigenvalue weighted by atomic mass is 16.8. The van der Waals surface area contributed by atoms with E-state index in [1.807, 2.05) is 6.92 Å². The largest absolute Gasteiger partial charge is 0.432 e. The number of esters is 1. The zero-order valence-electron chi connectivity index (χ0n) is 44.2. The van der Waals surface area contributed by atoms with E-state index in [4.69, 9.17) is 37.9 Å². The van der Waals surface area contributed by atoms with Crippen molar-refractivity contribution in [1.82, 2.24) is 0 Å². The topological polar surface area (TPSA) is 354 Å². The van der Waals surface area contributed by atoms with E-state index in [2.05, 4.69) is 40.7 Å². The van der Waals surface area contributed by atoms with Crippen LogP contribution in [0.2, 0.25) is 0 Å². The maximum absolute atomic E-state index is 15.1. The van der Waals surface area contributed by atoms with Crippen LogP contribution in [0.15, 0.2) is 11.6 Å². The maximum atomic E-state index is 15.1. The van der Waals surface area contributed by atoms with Gasteiger partial charge in [-0.05, 0) is 111 Å². The van der Waals surface area contributed by atoms with Gasteiger partial charge in [-0.3, -0.25) is 4.79 Å². The number of ether oxygens (including phenoxy) is 8. The van der Waals surface area contributed by atoms with Crippen LogP contribution in [0.4, 0.5) is 0 Å². The molecule has 5 aliphatic carbocycles. The van der Waals surface area contributed by atoms with Crippen LogP contribution in [-0.2, 0) is 42.7 Å². The van der Waals surface area contributed by atoms with E-state index < -0.39 is 153 Å². The second kappa shape index (κ2) is 21.1. The van der Waals surface area contributed by atoms with Gasteiger partial charge >= 0.3 is 5.97 Å². The highest BCUT2D eigenvalue weighted by molar-refractivity contribution is 5.79. The summed E-state index contributed by atoms with van der Waals surface area (Å²) >= 11 is 0. The van der Waals surface area contributed by atoms with Crippen molar-refractivity contribution in [3.63, 3.8) is 0 Å². The fraction of sp³-hybridized carbons (Fsp3) is 0.943. The summed E-state index contributed by atoms with van der Waals surface area (Å²) in [7, 11) is 0. The number of hydrogen-bond donors (Lipinski definition) is 13. The Labute approximate surface area is 437 Å². The van der Waals surface area contributed by atoms with Gasteiger partial charge in [0.2, 0.25) is 6.29 Å². The van der Waals surface area contributed by atoms with Crippen LogP contribution < -0.4 is 0 Å². The third-order valence-electron chi connectivity index (χ3n) is 21.1. The van der Waals surface area contributed by atoms with Gasteiger partial charge in [0.15, 0.2) is 18.9 Å². The Hall–Kier alpha value is -1.59. The lowest BCUT2D eigenvalue weighted by Crippen LogP contribution is -2.67. The molecule has 9 aliphatic rings. The summed E-state index contributed by atoms with van der Waals surface area (Å²) in [6, 6.07) is 0. The van der Waals surface area contributed by atoms with Gasteiger partial charge in [0.25, 0.3) is 0 Å². The predicted molar refractivity (Wildman–Crippen MR) is 257 cm³/mol. The molecule has 0 bridgehead atoms. The van der Waals surface area contributed by atoms with Gasteiger partial charge in [-0.2, -0.15) is 0 Å². The first-order valence-corrected chi connectivity index (χ1v) is 27.3. The second-order valence-corrected chi connectivity index (χ2v) is 25.7. The number of allylic oxidation sites excluding steroid dienone is 2. The van der Waals surface area contributed by atoms with Crippen LogP contribution in [-0.4, -0.2) is 222 Å². The fourth-order valence-electron chi connectivity index (χ4n) is 16.1. The van der Waals surface area contributed by atoms with Gasteiger partial charge in [-0.1, -0.05) is 53.2 Å². The van der Waals surface area contributed by atoms with Gasteiger partial charge in [-0.25, -0.2) is 0 Å². The molecule has 0 spiro atoms. The standard InChI is InChI=1S/C53H86O22/c1-23-32(57)35(60)39(64)45(70-23)74-42-27(19-54)71-43(41(66)37(42)62)69-21-28-34(59)36(61)40(65)46(72-28)75-47(67)53-16-14-48(2,3)18-25(53)24-8-9-30-49(4)12-11-31(73-44-38(63)33(58)26(56)20-68-44)50(5,22-55)29(49)10-13-52(30,7)51(24,6)15-17-53/h8,23,25-46,54-66H,9-22H2,1-7H3/t23-,25+,26-,27-,28-,29-,30-,31+,32-,33-,34-,35+,36+,37-,38+,39+,40-,41-,42-,43-,44-,45-,46+,49+,50-,51-,52-,53+/m1/s1. The van der Waals surface area contributed by atoms with Crippen molar-refractivity contribution in [2.24, 2.45) is 50.2 Å². The van der Waals surface area contributed by atoms with Crippen LogP contribution in [0.3, 0.4) is 0 Å². The molecule has 22 nitrogen and oxygen atoms in total. The maximum Gasteiger partial charge on any atom is 0.315 e. The molecule has 28 atom stereocenters. The number of carbonyl (C=O) groups is 1. The van der Waals surface area contributed by atoms with Crippen molar-refractivity contribution in [1.29, 1.82) is 0 Å². The Morgan fingerprint density at radius 3 is 1.97 bits per heavy atom. The molecule has 430 valence electrons. The molecule has 4 saturated heterocycles. The van der Waals surface area contributed by atoms with Crippen molar-refractivity contribution >= 4 is 5.97 Å². The lowest BCUT2D eigenvalue weighted by atomic mass is 9.33. The van der Waals surface area contributed by atoms with Crippen LogP contribution in [0.1, 0.15) is 113 Å². The molecule has 0 radical (unpaired) electrons. The quantitative estimate of drug-likeness (QED) is 0.0643. The van der Waals surface area contributed by atoms with E-state index in [1.54, 1.807) is 0 Å². The first-order valence-electron chi connectivity index (χ1n) is 27.3. The molecule has 13 N–H and O–H groups in total. The number of fused-ring (bicyclic) bond motifs is 7. The smallest absolute Gasteiger partial charge is 0.315 e. The Kier molecular flexibility index (Phi) is 16.3. The molecule has 75 heavy (non-hydrogen) atoms. The van der Waals surface area contributed by atoms with Gasteiger partial charge in [0.05, 0.1) is 44.1 Å². The molecule has 22 heteroatoms. The summed E-state index contributed by atoms with van der Waals surface area (Å²) in [6.07, 6.45) is -21.1. The van der Waals surface area contributed by atoms with E-state index in [0.29, 0.717) is 38.5 Å². The van der Waals surface area contributed by atoms with Gasteiger partial charge < -0.3 is 104 Å². The number of aliphatic hydroxyl groups excluding tert-OH is 13. The summed E-state index contributed by atoms with van der Waals surface area (Å²) in [5.41, 5.74) is -1.46. The summed E-state index contributed by atoms with van der Waals surface area (Å²) < 4.78 is 47.0. The average Bonchev–Trinajstić information content (AvgIpc) is 3.37. The lowest BCUT2D eigenvalue weighted by Gasteiger charge is -2.71. The zero-order valence-corrected chi connectivity index (χ0v) is 44.2. The molecule has 0 aromatic rings. The molecule has 4 heterocycles. The Morgan fingerprint density at radius 1 is 0.640 bits per heavy atom. The van der Waals surface area contributed by atoms with E-state index in [-0.39, 0.29) is 52.6 Å². The van der Waals surface area contributed by atoms with Crippen molar-refractivity contribution in [2.75, 3.05) is 26.4 Å². The molecule has 9 rings (SSSR count). The highest BCUT2D eigenvalue weighted by Gasteiger charge is 2.70. The number of hydrogen-bond acceptors (Lipinski definition) is 22. The summed E-state index contributed by atoms with van der Waals surface area (Å²) in [6.45, 7) is 13.2. The van der Waals surface area contributed by atoms with Crippen LogP contribution in [0, 0.1) is 50.2 Å². The van der Waals surface area contributed by atoms with Crippen LogP contribution in [0.5, 0.6) is 0 Å². The molecule has 8 fully saturated rings. The van der Waals surface area contributed by atoms with Gasteiger partial charge in [0, 0.05) is 5.41 Å². The monoisotopic (exact) mass is 1070 g/mol. The molecule has 4 aliphatic heterocycles. The normalized spacial score (nSPS) is 54.8. The number of rotatable bonds is 11. The summed E-state index contributed by atoms with van der Waals surface area (Å²) in [5, 5.41) is 139. The Morgan fingerprint density at radius 2 is 1.28 bits per heavy atom. The zero-order chi connectivity index (χ0) is 54.7. The molecule has 0 unspecified atom stereocenters. The average molecular weight is 1080 g/mol. The predicted octanol–water partition coefficient (Wildman–Crippen LogP) is -1.40. The summed E-state index contributed by atoms with van der Waals surface area (Å²) in [4.78, 5) is 15.1. The lowest BCUT2D eigenvalue weighted by molar-refractivity contribution is -0.361. The Bertz CT molecular complexity index is 2060. The first kappa shape index (κ1) is 58.1. The van der Waals surface area contributed by atoms with Gasteiger partial charge in [0.1, 0.15) is 85.5 Å². The molecule has 0 aromatic carbocycles. The van der Waals surface area contributed by atoms with E-state index in [0.717, 1.165) is 25.7 Å². The minimum absolute atomic E-state index is 0.0319. The third kappa shape index (κ3) is 9.50. The van der Waals surface area contributed by atoms with Crippen LogP contribution >= 0.6 is 0 Å². The van der Waals surface area contributed by atoms with Crippen LogP contribution in [0.25, 0.3) is 0 Å². The fourth-order valence-corrected chi connectivity index (χ4v) is 16.1. The molecular formula is C53H86O22. The van der Waals surface area contributed by atoms with Gasteiger partial charge in [-0.15, -0.1) is 0 Å². The van der Waals surface area contributed by atoms with E-state index in [9.17, 15) is 66.4 Å². The van der Waals surface area contributed by atoms with E-state index >= 15 is 4.79 Å². The molecule has 0 aromatic heterocycles. The van der Waals surface area contributed by atoms with Crippen molar-refractivity contribution in [3.8, 4) is 0 Å². The molecular weight excluding hydrogens is 989 g/mol. The number of carbonyl (C=O) groups excluding carboxylic acids is 1. The summed E-state index contributed by atoms with van der Waals surface area (Å²) in [5.74, 6) is -0.615. The van der Waals surface area contributed by atoms with E-state index in [1.165, 1.54) is 12.5 Å². The molecule has 0 amide bonds. The minimum Gasteiger partial charge on any atom is -0.432 e. The van der Waals surface area contributed by atoms with Crippen molar-refractivity contribution in [2.45, 2.75) is 235 Å². The second-order valence-electron chi connectivity index (χ2n) is 25.7. The minimum atomic E-state index is -1.87. The highest BCUT2D eigenvalue weighted by Crippen LogP contribution is 2.76. The third-order valence-corrected chi connectivity index (χ3v) is 21.1. The SMILES string of the molecule is C[C@H]1O[C@H](O[C@H]2[C@H](O)[C@@H](O)[C@H](OC[C@H]3O[C@@H](OC(=O)[C@]45CCC(C)(C)C[C@H]4C4=CC[C@@H]6[C@@]7(C)CC[C@H](O[C@H]8OC[C@@H](O)[C@@H](O)[C@@H]8O)[C@](C)(CO)[C@@H]7CC[C@@]6(C)[C@]4(C)CC5)[C@H](O)[C@@H](O)[C@@H]3O)O[C@@H]2CO)[C@@H](O)[C@@H](O)[C@@H]1O. The number of aliphatic hydroxyl groups is 13. The molecule has 4 saturated carbocycles. The van der Waals surface area contributed by atoms with Crippen molar-refractivity contribution in [3.05, 3.63) is 11.6 Å². The Balaban J connectivity index is 0.898.